The maximum atomic E-state index is 13.3. The van der Waals surface area contributed by atoms with Gasteiger partial charge in [-0.3, -0.25) is 24.5 Å². The summed E-state index contributed by atoms with van der Waals surface area (Å²) in [6.45, 7) is 2.38. The molecule has 47 heavy (non-hydrogen) atoms. The molecule has 0 heterocycles. The third kappa shape index (κ3) is 10.4. The van der Waals surface area contributed by atoms with Gasteiger partial charge in [0.1, 0.15) is 5.70 Å². The first-order valence-electron chi connectivity index (χ1n) is 14.7. The predicted octanol–water partition coefficient (Wildman–Crippen LogP) is 6.69. The number of nitrogens with one attached hydrogen (secondary N) is 3. The number of benzene rings is 4. The molecular formula is C35H32N4O7S. The number of anilines is 2. The zero-order valence-corrected chi connectivity index (χ0v) is 26.3. The summed E-state index contributed by atoms with van der Waals surface area (Å²) in [7, 11) is 0. The van der Waals surface area contributed by atoms with Crippen molar-refractivity contribution in [1.82, 2.24) is 5.32 Å². The van der Waals surface area contributed by atoms with Crippen LogP contribution in [0.15, 0.2) is 114 Å². The lowest BCUT2D eigenvalue weighted by Crippen LogP contribution is -2.30. The number of carbonyl (C=O) groups excluding carboxylic acids is 4. The molecule has 11 nitrogen and oxygen atoms in total. The minimum Gasteiger partial charge on any atom is -0.462 e. The number of nitro groups is 1. The van der Waals surface area contributed by atoms with Crippen molar-refractivity contribution < 1.29 is 28.8 Å². The van der Waals surface area contributed by atoms with Crippen molar-refractivity contribution in [3.8, 4) is 0 Å². The Morgan fingerprint density at radius 1 is 0.809 bits per heavy atom. The molecule has 0 aliphatic heterocycles. The summed E-state index contributed by atoms with van der Waals surface area (Å²) >= 11 is 1.28. The average Bonchev–Trinajstić information content (AvgIpc) is 3.08. The van der Waals surface area contributed by atoms with Crippen LogP contribution < -0.4 is 16.0 Å². The molecule has 0 saturated heterocycles. The number of hydrogen-bond acceptors (Lipinski definition) is 8. The van der Waals surface area contributed by atoms with E-state index in [2.05, 4.69) is 16.0 Å². The van der Waals surface area contributed by atoms with E-state index in [4.69, 9.17) is 4.74 Å². The average molecular weight is 653 g/mol. The van der Waals surface area contributed by atoms with Crippen LogP contribution in [0.1, 0.15) is 46.0 Å². The van der Waals surface area contributed by atoms with Crippen molar-refractivity contribution in [3.63, 3.8) is 0 Å². The Morgan fingerprint density at radius 3 is 2.13 bits per heavy atom. The Hall–Kier alpha value is -5.75. The van der Waals surface area contributed by atoms with Gasteiger partial charge in [-0.2, -0.15) is 0 Å². The molecule has 3 N–H and O–H groups in total. The van der Waals surface area contributed by atoms with Crippen molar-refractivity contribution in [2.45, 2.75) is 24.7 Å². The highest BCUT2D eigenvalue weighted by atomic mass is 32.2. The summed E-state index contributed by atoms with van der Waals surface area (Å²) < 4.78 is 5.19. The van der Waals surface area contributed by atoms with E-state index in [0.29, 0.717) is 29.1 Å². The molecule has 12 heteroatoms. The van der Waals surface area contributed by atoms with Crippen LogP contribution in [-0.2, 0) is 14.3 Å². The second kappa shape index (κ2) is 17.1. The topological polar surface area (TPSA) is 157 Å². The molecule has 240 valence electrons. The number of carbonyl (C=O) groups is 4. The van der Waals surface area contributed by atoms with E-state index in [1.54, 1.807) is 84.9 Å². The number of para-hydroxylation sites is 1. The largest absolute Gasteiger partial charge is 0.462 e. The lowest BCUT2D eigenvalue weighted by molar-refractivity contribution is -0.385. The fourth-order valence-corrected chi connectivity index (χ4v) is 4.83. The Labute approximate surface area is 275 Å². The fraction of sp³-hybridized carbons (Fsp3) is 0.143. The van der Waals surface area contributed by atoms with Crippen LogP contribution in [0.4, 0.5) is 17.1 Å². The maximum Gasteiger partial charge on any atom is 0.338 e. The standard InChI is InChI=1S/C35H32N4O7S/c1-2-3-21-46-35(43)25-13-15-27(16-14-25)36-32(40)23-47-29-19-17-28(18-20-29)37-34(42)30(38-33(41)24-9-5-4-6-10-24)22-26-11-7-8-12-31(26)39(44)45/h4-20,22H,2-3,21,23H2,1H3,(H,36,40)(H,37,42)(H,38,41)/b30-22-. The molecule has 4 aromatic carbocycles. The number of unbranched alkanes of at least 4 members (excludes halogenated alkanes) is 1. The van der Waals surface area contributed by atoms with Gasteiger partial charge in [0.05, 0.1) is 28.4 Å². The predicted molar refractivity (Wildman–Crippen MR) is 181 cm³/mol. The monoisotopic (exact) mass is 652 g/mol. The second-order valence-corrected chi connectivity index (χ2v) is 11.1. The molecule has 3 amide bonds. The quantitative estimate of drug-likeness (QED) is 0.0340. The van der Waals surface area contributed by atoms with E-state index < -0.39 is 22.7 Å². The molecule has 0 aliphatic carbocycles. The van der Waals surface area contributed by atoms with Crippen molar-refractivity contribution >= 4 is 58.6 Å². The number of nitrogens with zero attached hydrogens (tertiary/aromatic N) is 1. The molecule has 4 rings (SSSR count). The van der Waals surface area contributed by atoms with Crippen molar-refractivity contribution in [3.05, 3.63) is 136 Å². The van der Waals surface area contributed by atoms with E-state index in [1.807, 2.05) is 6.92 Å². The summed E-state index contributed by atoms with van der Waals surface area (Å²) in [5.74, 6) is -1.79. The minimum absolute atomic E-state index is 0.112. The van der Waals surface area contributed by atoms with Gasteiger partial charge in [0.25, 0.3) is 17.5 Å². The molecule has 0 bridgehead atoms. The fourth-order valence-electron chi connectivity index (χ4n) is 4.13. The zero-order chi connectivity index (χ0) is 33.6. The summed E-state index contributed by atoms with van der Waals surface area (Å²) in [6, 6.07) is 27.3. The van der Waals surface area contributed by atoms with Gasteiger partial charge in [-0.1, -0.05) is 43.7 Å². The summed E-state index contributed by atoms with van der Waals surface area (Å²) in [5, 5.41) is 19.6. The minimum atomic E-state index is -0.688. The van der Waals surface area contributed by atoms with Crippen LogP contribution in [0.5, 0.6) is 0 Å². The summed E-state index contributed by atoms with van der Waals surface area (Å²) in [4.78, 5) is 62.5. The van der Waals surface area contributed by atoms with Crippen LogP contribution in [-0.4, -0.2) is 41.0 Å². The molecular weight excluding hydrogens is 620 g/mol. The van der Waals surface area contributed by atoms with E-state index in [9.17, 15) is 29.3 Å². The van der Waals surface area contributed by atoms with Gasteiger partial charge >= 0.3 is 5.97 Å². The van der Waals surface area contributed by atoms with Crippen molar-refractivity contribution in [2.75, 3.05) is 23.0 Å². The number of amides is 3. The van der Waals surface area contributed by atoms with Crippen LogP contribution in [0.25, 0.3) is 6.08 Å². The Kier molecular flexibility index (Phi) is 12.4. The van der Waals surface area contributed by atoms with Gasteiger partial charge in [-0.05, 0) is 79.2 Å². The van der Waals surface area contributed by atoms with E-state index in [1.165, 1.54) is 36.0 Å². The smallest absolute Gasteiger partial charge is 0.338 e. The summed E-state index contributed by atoms with van der Waals surface area (Å²) in [5.41, 5.74) is 1.38. The van der Waals surface area contributed by atoms with Crippen LogP contribution >= 0.6 is 11.8 Å². The number of thioether (sulfide) groups is 1. The van der Waals surface area contributed by atoms with Gasteiger partial charge in [-0.25, -0.2) is 4.79 Å². The van der Waals surface area contributed by atoms with Gasteiger partial charge in [0, 0.05) is 27.9 Å². The van der Waals surface area contributed by atoms with Crippen molar-refractivity contribution in [1.29, 1.82) is 0 Å². The van der Waals surface area contributed by atoms with Gasteiger partial charge in [-0.15, -0.1) is 11.8 Å². The Bertz CT molecular complexity index is 1760. The second-order valence-electron chi connectivity index (χ2n) is 10.1. The van der Waals surface area contributed by atoms with E-state index in [-0.39, 0.29) is 28.6 Å². The normalized spacial score (nSPS) is 10.9. The number of rotatable bonds is 14. The lowest BCUT2D eigenvalue weighted by Gasteiger charge is -2.12. The van der Waals surface area contributed by atoms with Crippen LogP contribution in [0, 0.1) is 10.1 Å². The molecule has 0 fully saturated rings. The van der Waals surface area contributed by atoms with Crippen molar-refractivity contribution in [2.24, 2.45) is 0 Å². The summed E-state index contributed by atoms with van der Waals surface area (Å²) in [6.07, 6.45) is 2.98. The van der Waals surface area contributed by atoms with E-state index in [0.717, 1.165) is 17.7 Å². The first-order chi connectivity index (χ1) is 22.7. The molecule has 4 aromatic rings. The highest BCUT2D eigenvalue weighted by Crippen LogP contribution is 2.23. The number of ether oxygens (including phenoxy) is 1. The molecule has 0 atom stereocenters. The molecule has 0 aliphatic rings. The van der Waals surface area contributed by atoms with Gasteiger partial charge in [0.15, 0.2) is 0 Å². The Morgan fingerprint density at radius 2 is 1.45 bits per heavy atom. The zero-order valence-electron chi connectivity index (χ0n) is 25.4. The SMILES string of the molecule is CCCCOC(=O)c1ccc(NC(=O)CSc2ccc(NC(=O)/C(=C/c3ccccc3[N+](=O)[O-])NC(=O)c3ccccc3)cc2)cc1. The lowest BCUT2D eigenvalue weighted by atomic mass is 10.1. The van der Waals surface area contributed by atoms with E-state index >= 15 is 0 Å². The highest BCUT2D eigenvalue weighted by molar-refractivity contribution is 8.00. The maximum absolute atomic E-state index is 13.3. The van der Waals surface area contributed by atoms with Gasteiger partial charge in [0.2, 0.25) is 5.91 Å². The van der Waals surface area contributed by atoms with Crippen LogP contribution in [0.2, 0.25) is 0 Å². The molecule has 0 saturated carbocycles. The number of esters is 1. The Balaban J connectivity index is 1.36. The molecule has 0 aromatic heterocycles. The third-order valence-electron chi connectivity index (χ3n) is 6.58. The van der Waals surface area contributed by atoms with Gasteiger partial charge < -0.3 is 20.7 Å². The molecule has 0 spiro atoms. The number of hydrogen-bond donors (Lipinski definition) is 3. The molecule has 0 radical (unpaired) electrons. The third-order valence-corrected chi connectivity index (χ3v) is 7.59. The first-order valence-corrected chi connectivity index (χ1v) is 15.6. The number of nitro benzene ring substituents is 1. The first kappa shape index (κ1) is 34.1. The highest BCUT2D eigenvalue weighted by Gasteiger charge is 2.18. The van der Waals surface area contributed by atoms with Crippen LogP contribution in [0.3, 0.4) is 0 Å². The molecule has 0 unspecified atom stereocenters.